The Balaban J connectivity index is 1.49. The molecule has 4 aromatic rings. The zero-order chi connectivity index (χ0) is 23.7. The van der Waals surface area contributed by atoms with Crippen LogP contribution in [0.3, 0.4) is 0 Å². The van der Waals surface area contributed by atoms with Gasteiger partial charge in [0.2, 0.25) is 0 Å². The molecule has 3 aromatic carbocycles. The summed E-state index contributed by atoms with van der Waals surface area (Å²) >= 11 is 0. The maximum absolute atomic E-state index is 15.0. The summed E-state index contributed by atoms with van der Waals surface area (Å²) in [5.41, 5.74) is 3.60. The number of halogens is 2. The van der Waals surface area contributed by atoms with Gasteiger partial charge in [0.25, 0.3) is 5.91 Å². The third-order valence-corrected chi connectivity index (χ3v) is 6.55. The summed E-state index contributed by atoms with van der Waals surface area (Å²) in [6.45, 7) is 1.82. The number of H-pyrrole nitrogens is 1. The van der Waals surface area contributed by atoms with Crippen LogP contribution in [0.4, 0.5) is 8.78 Å². The molecule has 1 saturated heterocycles. The van der Waals surface area contributed by atoms with E-state index in [1.807, 2.05) is 31.3 Å². The van der Waals surface area contributed by atoms with Gasteiger partial charge in [0.15, 0.2) is 0 Å². The molecule has 34 heavy (non-hydrogen) atoms. The minimum Gasteiger partial charge on any atom is -0.330 e. The summed E-state index contributed by atoms with van der Waals surface area (Å²) in [6, 6.07) is 16.4. The molecule has 0 saturated carbocycles. The number of fused-ring (bicyclic) bond motifs is 1. The first-order chi connectivity index (χ1) is 16.5. The molecule has 1 aliphatic heterocycles. The van der Waals surface area contributed by atoms with E-state index in [4.69, 9.17) is 0 Å². The van der Waals surface area contributed by atoms with E-state index in [1.54, 1.807) is 17.2 Å². The number of amides is 1. The Kier molecular flexibility index (Phi) is 6.11. The fourth-order valence-corrected chi connectivity index (χ4v) is 4.70. The summed E-state index contributed by atoms with van der Waals surface area (Å²) in [6.07, 6.45) is 3.56. The Morgan fingerprint density at radius 1 is 1.09 bits per heavy atom. The summed E-state index contributed by atoms with van der Waals surface area (Å²) < 4.78 is 28.5. The van der Waals surface area contributed by atoms with Crippen LogP contribution in [0.2, 0.25) is 0 Å². The first-order valence-electron chi connectivity index (χ1n) is 11.4. The average molecular weight is 461 g/mol. The second-order valence-electron chi connectivity index (χ2n) is 8.98. The highest BCUT2D eigenvalue weighted by atomic mass is 19.1. The molecule has 1 aromatic heterocycles. The van der Waals surface area contributed by atoms with Gasteiger partial charge >= 0.3 is 0 Å². The van der Waals surface area contributed by atoms with E-state index in [1.165, 1.54) is 30.3 Å². The van der Waals surface area contributed by atoms with Gasteiger partial charge < -0.3 is 9.80 Å². The van der Waals surface area contributed by atoms with E-state index < -0.39 is 5.82 Å². The predicted octanol–water partition coefficient (Wildman–Crippen LogP) is 5.24. The second-order valence-corrected chi connectivity index (χ2v) is 8.98. The van der Waals surface area contributed by atoms with Gasteiger partial charge in [-0.05, 0) is 86.1 Å². The highest BCUT2D eigenvalue weighted by molar-refractivity contribution is 5.94. The molecule has 5 nitrogen and oxygen atoms in total. The van der Waals surface area contributed by atoms with Crippen molar-refractivity contribution in [2.45, 2.75) is 25.4 Å². The summed E-state index contributed by atoms with van der Waals surface area (Å²) in [4.78, 5) is 17.4. The molecule has 5 rings (SSSR count). The first kappa shape index (κ1) is 22.2. The standard InChI is InChI=1S/C27H26F2N4O/c1-32-12-2-3-24(17-32)33(27(34)18-4-8-23(28)9-5-18)16-22-14-19(6-10-25(22)29)20-7-11-26-21(13-20)15-30-31-26/h4-11,13-15,24H,2-3,12,16-17H2,1H3,(H,30,31)/t24-/m0/s1. The lowest BCUT2D eigenvalue weighted by molar-refractivity contribution is 0.0548. The number of carbonyl (C=O) groups excluding carboxylic acids is 1. The molecule has 0 spiro atoms. The maximum atomic E-state index is 15.0. The maximum Gasteiger partial charge on any atom is 0.254 e. The van der Waals surface area contributed by atoms with Crippen LogP contribution in [0.1, 0.15) is 28.8 Å². The Labute approximate surface area is 197 Å². The molecule has 0 unspecified atom stereocenters. The molecule has 174 valence electrons. The fourth-order valence-electron chi connectivity index (χ4n) is 4.70. The Hall–Kier alpha value is -3.58. The van der Waals surface area contributed by atoms with Crippen molar-refractivity contribution in [1.82, 2.24) is 20.0 Å². The van der Waals surface area contributed by atoms with Crippen molar-refractivity contribution < 1.29 is 13.6 Å². The lowest BCUT2D eigenvalue weighted by atomic mass is 9.99. The van der Waals surface area contributed by atoms with E-state index in [0.717, 1.165) is 41.4 Å². The number of hydrogen-bond acceptors (Lipinski definition) is 3. The summed E-state index contributed by atoms with van der Waals surface area (Å²) in [5.74, 6) is -0.965. The van der Waals surface area contributed by atoms with Crippen LogP contribution in [0.15, 0.2) is 66.9 Å². The number of benzene rings is 3. The smallest absolute Gasteiger partial charge is 0.254 e. The van der Waals surface area contributed by atoms with Gasteiger partial charge in [-0.1, -0.05) is 12.1 Å². The lowest BCUT2D eigenvalue weighted by Crippen LogP contribution is -2.48. The number of piperidine rings is 1. The van der Waals surface area contributed by atoms with E-state index in [-0.39, 0.29) is 24.3 Å². The predicted molar refractivity (Wildman–Crippen MR) is 128 cm³/mol. The SMILES string of the molecule is CN1CCC[C@H](N(Cc2cc(-c3ccc4[nH]ncc4c3)ccc2F)C(=O)c2ccc(F)cc2)C1. The highest BCUT2D eigenvalue weighted by Gasteiger charge is 2.29. The van der Waals surface area contributed by atoms with Gasteiger partial charge in [-0.2, -0.15) is 5.10 Å². The van der Waals surface area contributed by atoms with Gasteiger partial charge in [-0.15, -0.1) is 0 Å². The molecule has 2 heterocycles. The quantitative estimate of drug-likeness (QED) is 0.443. The van der Waals surface area contributed by atoms with Crippen molar-refractivity contribution >= 4 is 16.8 Å². The normalized spacial score (nSPS) is 16.6. The molecule has 1 atom stereocenters. The summed E-state index contributed by atoms with van der Waals surface area (Å²) in [5, 5.41) is 7.97. The Morgan fingerprint density at radius 3 is 2.65 bits per heavy atom. The van der Waals surface area contributed by atoms with Gasteiger partial charge in [0.05, 0.1) is 11.7 Å². The molecule has 1 N–H and O–H groups in total. The topological polar surface area (TPSA) is 52.2 Å². The molecule has 1 fully saturated rings. The minimum absolute atomic E-state index is 0.0540. The van der Waals surface area contributed by atoms with E-state index in [2.05, 4.69) is 15.1 Å². The van der Waals surface area contributed by atoms with Crippen LogP contribution in [-0.4, -0.2) is 52.1 Å². The number of aromatic amines is 1. The Bertz CT molecular complexity index is 1320. The van der Waals surface area contributed by atoms with Crippen molar-refractivity contribution in [3.8, 4) is 11.1 Å². The zero-order valence-corrected chi connectivity index (χ0v) is 19.0. The van der Waals surface area contributed by atoms with Crippen LogP contribution >= 0.6 is 0 Å². The lowest BCUT2D eigenvalue weighted by Gasteiger charge is -2.38. The minimum atomic E-state index is -0.395. The van der Waals surface area contributed by atoms with Crippen LogP contribution < -0.4 is 0 Å². The second kappa shape index (κ2) is 9.35. The first-order valence-corrected chi connectivity index (χ1v) is 11.4. The van der Waals surface area contributed by atoms with Gasteiger partial charge in [0, 0.05) is 35.6 Å². The number of hydrogen-bond donors (Lipinski definition) is 1. The summed E-state index contributed by atoms with van der Waals surface area (Å²) in [7, 11) is 2.03. The molecule has 7 heteroatoms. The van der Waals surface area contributed by atoms with Gasteiger partial charge in [0.1, 0.15) is 11.6 Å². The largest absolute Gasteiger partial charge is 0.330 e. The van der Waals surface area contributed by atoms with Crippen LogP contribution in [-0.2, 0) is 6.54 Å². The van der Waals surface area contributed by atoms with Crippen molar-refractivity contribution in [1.29, 1.82) is 0 Å². The molecule has 0 bridgehead atoms. The number of likely N-dealkylation sites (tertiary alicyclic amines) is 1. The van der Waals surface area contributed by atoms with E-state index in [0.29, 0.717) is 17.7 Å². The Morgan fingerprint density at radius 2 is 1.85 bits per heavy atom. The number of nitrogens with zero attached hydrogens (tertiary/aromatic N) is 3. The zero-order valence-electron chi connectivity index (χ0n) is 19.0. The highest BCUT2D eigenvalue weighted by Crippen LogP contribution is 2.28. The number of nitrogens with one attached hydrogen (secondary N) is 1. The number of aromatic nitrogens is 2. The fraction of sp³-hybridized carbons (Fsp3) is 0.259. The monoisotopic (exact) mass is 460 g/mol. The molecule has 1 amide bonds. The number of likely N-dealkylation sites (N-methyl/N-ethyl adjacent to an activating group) is 1. The van der Waals surface area contributed by atoms with Crippen LogP contribution in [0, 0.1) is 11.6 Å². The van der Waals surface area contributed by atoms with Crippen molar-refractivity contribution in [3.05, 3.63) is 89.6 Å². The molecular formula is C27H26F2N4O. The number of carbonyl (C=O) groups is 1. The van der Waals surface area contributed by atoms with Crippen molar-refractivity contribution in [2.24, 2.45) is 0 Å². The molecule has 0 radical (unpaired) electrons. The third-order valence-electron chi connectivity index (χ3n) is 6.55. The van der Waals surface area contributed by atoms with Gasteiger partial charge in [-0.3, -0.25) is 9.89 Å². The van der Waals surface area contributed by atoms with E-state index in [9.17, 15) is 13.6 Å². The van der Waals surface area contributed by atoms with Gasteiger partial charge in [-0.25, -0.2) is 8.78 Å². The van der Waals surface area contributed by atoms with Crippen molar-refractivity contribution in [2.75, 3.05) is 20.1 Å². The average Bonchev–Trinajstić information content (AvgIpc) is 3.31. The van der Waals surface area contributed by atoms with Crippen molar-refractivity contribution in [3.63, 3.8) is 0 Å². The third kappa shape index (κ3) is 4.56. The molecule has 1 aliphatic rings. The number of rotatable bonds is 5. The van der Waals surface area contributed by atoms with Crippen LogP contribution in [0.25, 0.3) is 22.0 Å². The molecule has 0 aliphatic carbocycles. The molecular weight excluding hydrogens is 434 g/mol. The van der Waals surface area contributed by atoms with E-state index >= 15 is 0 Å². The van der Waals surface area contributed by atoms with Crippen LogP contribution in [0.5, 0.6) is 0 Å².